The molecule has 3 N–H and O–H groups in total. The van der Waals surface area contributed by atoms with Gasteiger partial charge in [-0.05, 0) is 13.8 Å². The molecule has 0 aromatic carbocycles. The lowest BCUT2D eigenvalue weighted by molar-refractivity contribution is 0.0737. The van der Waals surface area contributed by atoms with Crippen molar-refractivity contribution in [1.29, 1.82) is 0 Å². The Morgan fingerprint density at radius 1 is 1.31 bits per heavy atom. The van der Waals surface area contributed by atoms with Gasteiger partial charge in [0.2, 0.25) is 0 Å². The third-order valence-corrected chi connectivity index (χ3v) is 1.32. The van der Waals surface area contributed by atoms with Crippen molar-refractivity contribution in [3.63, 3.8) is 0 Å². The van der Waals surface area contributed by atoms with Crippen LogP contribution in [0.2, 0.25) is 0 Å². The van der Waals surface area contributed by atoms with Gasteiger partial charge in [-0.2, -0.15) is 0 Å². The van der Waals surface area contributed by atoms with Crippen LogP contribution in [0, 0.1) is 0 Å². The molecule has 1 heterocycles. The zero-order valence-corrected chi connectivity index (χ0v) is 8.57. The molecule has 0 unspecified atom stereocenters. The lowest BCUT2D eigenvalue weighted by Gasteiger charge is -2.15. The van der Waals surface area contributed by atoms with E-state index in [4.69, 9.17) is 5.73 Å². The molecule has 0 aliphatic rings. The van der Waals surface area contributed by atoms with E-state index in [0.717, 1.165) is 0 Å². The van der Waals surface area contributed by atoms with Gasteiger partial charge in [0.25, 0.3) is 0 Å². The summed E-state index contributed by atoms with van der Waals surface area (Å²) in [4.78, 5) is 7.58. The zero-order chi connectivity index (χ0) is 10.5. The Labute approximate surface area is 78.8 Å². The highest BCUT2D eigenvalue weighted by Gasteiger charge is 2.17. The lowest BCUT2D eigenvalue weighted by Crippen LogP contribution is -2.17. The van der Waals surface area contributed by atoms with Crippen LogP contribution in [0.3, 0.4) is 0 Å². The van der Waals surface area contributed by atoms with Crippen molar-refractivity contribution in [3.05, 3.63) is 18.1 Å². The van der Waals surface area contributed by atoms with Crippen LogP contribution in [0.4, 0.5) is 5.82 Å². The van der Waals surface area contributed by atoms with E-state index in [1.165, 1.54) is 6.33 Å². The molecule has 0 radical (unpaired) electrons. The van der Waals surface area contributed by atoms with Crippen molar-refractivity contribution in [2.24, 2.45) is 0 Å². The summed E-state index contributed by atoms with van der Waals surface area (Å²) in [5.41, 5.74) is 4.98. The van der Waals surface area contributed by atoms with Gasteiger partial charge in [0.1, 0.15) is 17.7 Å². The standard InChI is InChI=1S/C7H11N3O.C2H6/c1-7(2,11)5-3-6(8)10-4-9-5;1-2/h3-4,11H,1-2H3,(H2,8,9,10);1-2H3. The van der Waals surface area contributed by atoms with E-state index in [1.807, 2.05) is 13.8 Å². The van der Waals surface area contributed by atoms with Crippen molar-refractivity contribution in [3.8, 4) is 0 Å². The Balaban J connectivity index is 0.000000671. The quantitative estimate of drug-likeness (QED) is 0.688. The van der Waals surface area contributed by atoms with Crippen LogP contribution in [0.25, 0.3) is 0 Å². The minimum absolute atomic E-state index is 0.372. The maximum atomic E-state index is 9.47. The van der Waals surface area contributed by atoms with E-state index in [-0.39, 0.29) is 0 Å². The summed E-state index contributed by atoms with van der Waals surface area (Å²) in [6.07, 6.45) is 1.34. The molecule has 13 heavy (non-hydrogen) atoms. The topological polar surface area (TPSA) is 72.0 Å². The maximum Gasteiger partial charge on any atom is 0.127 e. The molecule has 0 spiro atoms. The van der Waals surface area contributed by atoms with Gasteiger partial charge in [-0.25, -0.2) is 9.97 Å². The van der Waals surface area contributed by atoms with Crippen LogP contribution < -0.4 is 5.73 Å². The summed E-state index contributed by atoms with van der Waals surface area (Å²) in [6.45, 7) is 7.30. The second-order valence-corrected chi connectivity index (χ2v) is 2.89. The molecule has 74 valence electrons. The molecule has 0 amide bonds. The molecule has 0 aliphatic heterocycles. The van der Waals surface area contributed by atoms with Crippen LogP contribution in [0.1, 0.15) is 33.4 Å². The molecule has 1 aromatic rings. The molecule has 1 rings (SSSR count). The van der Waals surface area contributed by atoms with Crippen molar-refractivity contribution in [2.45, 2.75) is 33.3 Å². The first-order valence-corrected chi connectivity index (χ1v) is 4.30. The number of hydrogen-bond acceptors (Lipinski definition) is 4. The van der Waals surface area contributed by atoms with E-state index < -0.39 is 5.60 Å². The Morgan fingerprint density at radius 3 is 2.15 bits per heavy atom. The minimum Gasteiger partial charge on any atom is -0.384 e. The van der Waals surface area contributed by atoms with Gasteiger partial charge in [0.15, 0.2) is 0 Å². The first-order valence-electron chi connectivity index (χ1n) is 4.30. The molecular formula is C9H17N3O. The first-order chi connectivity index (χ1) is 6.00. The third-order valence-electron chi connectivity index (χ3n) is 1.32. The summed E-state index contributed by atoms with van der Waals surface area (Å²) >= 11 is 0. The Morgan fingerprint density at radius 2 is 1.85 bits per heavy atom. The highest BCUT2D eigenvalue weighted by Crippen LogP contribution is 2.16. The molecule has 0 aliphatic carbocycles. The number of aliphatic hydroxyl groups is 1. The number of nitrogen functional groups attached to an aromatic ring is 1. The van der Waals surface area contributed by atoms with Crippen LogP contribution in [-0.4, -0.2) is 15.1 Å². The summed E-state index contributed by atoms with van der Waals surface area (Å²) in [6, 6.07) is 1.56. The van der Waals surface area contributed by atoms with E-state index in [9.17, 15) is 5.11 Å². The predicted octanol–water partition coefficient (Wildman–Crippen LogP) is 1.31. The van der Waals surface area contributed by atoms with Crippen LogP contribution in [0.5, 0.6) is 0 Å². The van der Waals surface area contributed by atoms with Crippen molar-refractivity contribution in [2.75, 3.05) is 5.73 Å². The number of nitrogens with two attached hydrogens (primary N) is 1. The first kappa shape index (κ1) is 11.8. The smallest absolute Gasteiger partial charge is 0.127 e. The van der Waals surface area contributed by atoms with Gasteiger partial charge < -0.3 is 10.8 Å². The van der Waals surface area contributed by atoms with E-state index in [2.05, 4.69) is 9.97 Å². The van der Waals surface area contributed by atoms with Gasteiger partial charge >= 0.3 is 0 Å². The van der Waals surface area contributed by atoms with Gasteiger partial charge in [0.05, 0.1) is 5.69 Å². The summed E-state index contributed by atoms with van der Waals surface area (Å²) < 4.78 is 0. The highest BCUT2D eigenvalue weighted by atomic mass is 16.3. The molecular weight excluding hydrogens is 166 g/mol. The molecule has 0 saturated carbocycles. The van der Waals surface area contributed by atoms with Crippen LogP contribution >= 0.6 is 0 Å². The average Bonchev–Trinajstić information content (AvgIpc) is 2.06. The number of anilines is 1. The van der Waals surface area contributed by atoms with Gasteiger partial charge in [-0.1, -0.05) is 13.8 Å². The SMILES string of the molecule is CC.CC(C)(O)c1cc(N)ncn1. The molecule has 0 fully saturated rings. The second-order valence-electron chi connectivity index (χ2n) is 2.89. The zero-order valence-electron chi connectivity index (χ0n) is 8.57. The molecule has 1 aromatic heterocycles. The third kappa shape index (κ3) is 3.85. The fourth-order valence-corrected chi connectivity index (χ4v) is 0.707. The number of aromatic nitrogens is 2. The van der Waals surface area contributed by atoms with Crippen molar-refractivity contribution in [1.82, 2.24) is 9.97 Å². The summed E-state index contributed by atoms with van der Waals surface area (Å²) in [7, 11) is 0. The van der Waals surface area contributed by atoms with Gasteiger partial charge in [-0.3, -0.25) is 0 Å². The van der Waals surface area contributed by atoms with E-state index in [1.54, 1.807) is 19.9 Å². The fourth-order valence-electron chi connectivity index (χ4n) is 0.707. The van der Waals surface area contributed by atoms with Crippen LogP contribution in [-0.2, 0) is 5.60 Å². The second kappa shape index (κ2) is 4.77. The Bertz CT molecular complexity index is 255. The van der Waals surface area contributed by atoms with E-state index in [0.29, 0.717) is 11.5 Å². The fraction of sp³-hybridized carbons (Fsp3) is 0.556. The molecule has 4 heteroatoms. The van der Waals surface area contributed by atoms with Crippen LogP contribution in [0.15, 0.2) is 12.4 Å². The summed E-state index contributed by atoms with van der Waals surface area (Å²) in [5.74, 6) is 0.372. The Hall–Kier alpha value is -1.16. The maximum absolute atomic E-state index is 9.47. The predicted molar refractivity (Wildman–Crippen MR) is 53.0 cm³/mol. The van der Waals surface area contributed by atoms with E-state index >= 15 is 0 Å². The molecule has 0 bridgehead atoms. The molecule has 4 nitrogen and oxygen atoms in total. The molecule has 0 saturated heterocycles. The largest absolute Gasteiger partial charge is 0.384 e. The van der Waals surface area contributed by atoms with Crippen molar-refractivity contribution >= 4 is 5.82 Å². The average molecular weight is 183 g/mol. The minimum atomic E-state index is -0.947. The highest BCUT2D eigenvalue weighted by molar-refractivity contribution is 5.29. The molecule has 0 atom stereocenters. The normalized spacial score (nSPS) is 10.2. The number of nitrogens with zero attached hydrogens (tertiary/aromatic N) is 2. The number of rotatable bonds is 1. The van der Waals surface area contributed by atoms with Crippen molar-refractivity contribution < 1.29 is 5.11 Å². The lowest BCUT2D eigenvalue weighted by atomic mass is 10.1. The monoisotopic (exact) mass is 183 g/mol. The van der Waals surface area contributed by atoms with Gasteiger partial charge in [-0.15, -0.1) is 0 Å². The summed E-state index contributed by atoms with van der Waals surface area (Å²) in [5, 5.41) is 9.47. The number of hydrogen-bond donors (Lipinski definition) is 2. The van der Waals surface area contributed by atoms with Gasteiger partial charge in [0, 0.05) is 6.07 Å². The Kier molecular flexibility index (Phi) is 4.34.